The second-order valence-electron chi connectivity index (χ2n) is 7.35. The Hall–Kier alpha value is -0.0800. The summed E-state index contributed by atoms with van der Waals surface area (Å²) in [5.74, 6) is 0. The van der Waals surface area contributed by atoms with Crippen LogP contribution in [-0.2, 0) is 0 Å². The summed E-state index contributed by atoms with van der Waals surface area (Å²) in [6.07, 6.45) is 6.88. The predicted octanol–water partition coefficient (Wildman–Crippen LogP) is 2.89. The molecule has 100 valence electrons. The lowest BCUT2D eigenvalue weighted by Crippen LogP contribution is -2.43. The molecule has 0 aliphatic carbocycles. The summed E-state index contributed by atoms with van der Waals surface area (Å²) in [5, 5.41) is 3.48. The number of hydrogen-bond acceptors (Lipinski definition) is 2. The minimum absolute atomic E-state index is 0.569. The first-order chi connectivity index (χ1) is 7.99. The lowest BCUT2D eigenvalue weighted by atomic mass is 9.80. The van der Waals surface area contributed by atoms with Crippen LogP contribution in [0.15, 0.2) is 0 Å². The van der Waals surface area contributed by atoms with Gasteiger partial charge in [-0.15, -0.1) is 0 Å². The van der Waals surface area contributed by atoms with Crippen LogP contribution in [0.4, 0.5) is 0 Å². The van der Waals surface area contributed by atoms with Crippen LogP contribution in [0.3, 0.4) is 0 Å². The van der Waals surface area contributed by atoms with E-state index in [0.29, 0.717) is 10.8 Å². The molecule has 2 aliphatic heterocycles. The summed E-state index contributed by atoms with van der Waals surface area (Å²) in [5.41, 5.74) is 1.14. The topological polar surface area (TPSA) is 15.3 Å². The lowest BCUT2D eigenvalue weighted by molar-refractivity contribution is 0.128. The number of rotatable bonds is 2. The van der Waals surface area contributed by atoms with Gasteiger partial charge in [-0.2, -0.15) is 0 Å². The third-order valence-corrected chi connectivity index (χ3v) is 4.85. The maximum atomic E-state index is 3.48. The fraction of sp³-hybridized carbons (Fsp3) is 1.00. The second-order valence-corrected chi connectivity index (χ2v) is 7.35. The van der Waals surface area contributed by atoms with Crippen LogP contribution in [0.25, 0.3) is 0 Å². The fourth-order valence-corrected chi connectivity index (χ4v) is 3.37. The summed E-state index contributed by atoms with van der Waals surface area (Å²) in [6.45, 7) is 13.8. The molecule has 2 aliphatic rings. The Morgan fingerprint density at radius 1 is 0.941 bits per heavy atom. The normalized spacial score (nSPS) is 29.8. The summed E-state index contributed by atoms with van der Waals surface area (Å²) in [6, 6.07) is 0. The van der Waals surface area contributed by atoms with E-state index in [9.17, 15) is 0 Å². The molecular formula is C15H30N2. The molecule has 0 unspecified atom stereocenters. The molecule has 0 aromatic heterocycles. The zero-order chi connectivity index (χ0) is 12.4. The van der Waals surface area contributed by atoms with Gasteiger partial charge in [0.25, 0.3) is 0 Å². The Balaban J connectivity index is 1.86. The van der Waals surface area contributed by atoms with E-state index in [0.717, 1.165) is 0 Å². The number of hydrogen-bond donors (Lipinski definition) is 1. The molecule has 2 saturated heterocycles. The molecule has 2 rings (SSSR count). The second kappa shape index (κ2) is 5.27. The molecule has 0 bridgehead atoms. The highest BCUT2D eigenvalue weighted by atomic mass is 15.1. The molecule has 0 atom stereocenters. The van der Waals surface area contributed by atoms with Crippen molar-refractivity contribution in [3.05, 3.63) is 0 Å². The number of nitrogens with zero attached hydrogens (tertiary/aromatic N) is 1. The first-order valence-electron chi connectivity index (χ1n) is 7.42. The molecule has 2 nitrogen and oxygen atoms in total. The summed E-state index contributed by atoms with van der Waals surface area (Å²) < 4.78 is 0. The Labute approximate surface area is 107 Å². The van der Waals surface area contributed by atoms with Gasteiger partial charge < -0.3 is 10.2 Å². The number of piperidine rings is 1. The first kappa shape index (κ1) is 13.4. The van der Waals surface area contributed by atoms with Crippen LogP contribution < -0.4 is 5.32 Å². The Morgan fingerprint density at radius 3 is 2.35 bits per heavy atom. The van der Waals surface area contributed by atoms with E-state index in [4.69, 9.17) is 0 Å². The van der Waals surface area contributed by atoms with Gasteiger partial charge in [-0.05, 0) is 69.1 Å². The minimum atomic E-state index is 0.569. The Kier molecular flexibility index (Phi) is 4.14. The van der Waals surface area contributed by atoms with E-state index in [-0.39, 0.29) is 0 Å². The van der Waals surface area contributed by atoms with Gasteiger partial charge in [0.2, 0.25) is 0 Å². The fourth-order valence-electron chi connectivity index (χ4n) is 3.37. The predicted molar refractivity (Wildman–Crippen MR) is 74.3 cm³/mol. The van der Waals surface area contributed by atoms with Crippen molar-refractivity contribution in [1.29, 1.82) is 0 Å². The molecule has 2 heteroatoms. The molecule has 1 N–H and O–H groups in total. The van der Waals surface area contributed by atoms with Crippen LogP contribution >= 0.6 is 0 Å². The molecule has 2 fully saturated rings. The molecule has 0 spiro atoms. The smallest absolute Gasteiger partial charge is 0.00363 e. The van der Waals surface area contributed by atoms with Crippen molar-refractivity contribution in [2.45, 2.75) is 52.9 Å². The van der Waals surface area contributed by atoms with Crippen LogP contribution in [0.1, 0.15) is 52.9 Å². The third kappa shape index (κ3) is 3.96. The van der Waals surface area contributed by atoms with Crippen LogP contribution in [-0.4, -0.2) is 37.6 Å². The van der Waals surface area contributed by atoms with Crippen LogP contribution in [0.5, 0.6) is 0 Å². The van der Waals surface area contributed by atoms with Crippen molar-refractivity contribution in [1.82, 2.24) is 10.2 Å². The van der Waals surface area contributed by atoms with Crippen molar-refractivity contribution in [2.24, 2.45) is 10.8 Å². The van der Waals surface area contributed by atoms with E-state index < -0.39 is 0 Å². The van der Waals surface area contributed by atoms with Gasteiger partial charge >= 0.3 is 0 Å². The van der Waals surface area contributed by atoms with Crippen molar-refractivity contribution in [3.63, 3.8) is 0 Å². The van der Waals surface area contributed by atoms with Gasteiger partial charge in [0.15, 0.2) is 0 Å². The highest BCUT2D eigenvalue weighted by Gasteiger charge is 2.31. The molecule has 0 amide bonds. The SMILES string of the molecule is CC1(C)CCCN(CC2(C)CCNCC2)CC1. The molecule has 0 aromatic rings. The molecule has 0 saturated carbocycles. The minimum Gasteiger partial charge on any atom is -0.317 e. The van der Waals surface area contributed by atoms with E-state index in [1.165, 1.54) is 64.8 Å². The Bertz CT molecular complexity index is 241. The monoisotopic (exact) mass is 238 g/mol. The molecule has 0 radical (unpaired) electrons. The first-order valence-corrected chi connectivity index (χ1v) is 7.42. The Morgan fingerprint density at radius 2 is 1.65 bits per heavy atom. The van der Waals surface area contributed by atoms with Gasteiger partial charge in [0.1, 0.15) is 0 Å². The van der Waals surface area contributed by atoms with Gasteiger partial charge in [-0.25, -0.2) is 0 Å². The van der Waals surface area contributed by atoms with Crippen molar-refractivity contribution in [2.75, 3.05) is 32.7 Å². The zero-order valence-corrected chi connectivity index (χ0v) is 12.0. The lowest BCUT2D eigenvalue weighted by Gasteiger charge is -2.38. The average molecular weight is 238 g/mol. The summed E-state index contributed by atoms with van der Waals surface area (Å²) in [4.78, 5) is 2.74. The van der Waals surface area contributed by atoms with E-state index in [1.54, 1.807) is 0 Å². The van der Waals surface area contributed by atoms with E-state index in [1.807, 2.05) is 0 Å². The average Bonchev–Trinajstić information content (AvgIpc) is 2.41. The van der Waals surface area contributed by atoms with Crippen molar-refractivity contribution < 1.29 is 0 Å². The number of nitrogens with one attached hydrogen (secondary N) is 1. The van der Waals surface area contributed by atoms with Gasteiger partial charge in [-0.1, -0.05) is 20.8 Å². The van der Waals surface area contributed by atoms with E-state index >= 15 is 0 Å². The van der Waals surface area contributed by atoms with Crippen LogP contribution in [0.2, 0.25) is 0 Å². The molecule has 0 aromatic carbocycles. The largest absolute Gasteiger partial charge is 0.317 e. The van der Waals surface area contributed by atoms with Crippen molar-refractivity contribution in [3.8, 4) is 0 Å². The van der Waals surface area contributed by atoms with Gasteiger partial charge in [0, 0.05) is 6.54 Å². The number of likely N-dealkylation sites (tertiary alicyclic amines) is 1. The maximum Gasteiger partial charge on any atom is 0.00363 e. The van der Waals surface area contributed by atoms with Gasteiger partial charge in [-0.3, -0.25) is 0 Å². The van der Waals surface area contributed by atoms with Gasteiger partial charge in [0.05, 0.1) is 0 Å². The quantitative estimate of drug-likeness (QED) is 0.796. The summed E-state index contributed by atoms with van der Waals surface area (Å²) in [7, 11) is 0. The standard InChI is InChI=1S/C15H30N2/c1-14(2)5-4-11-17(12-8-14)13-15(3)6-9-16-10-7-15/h16H,4-13H2,1-3H3. The third-order valence-electron chi connectivity index (χ3n) is 4.85. The highest BCUT2D eigenvalue weighted by Crippen LogP contribution is 2.33. The van der Waals surface area contributed by atoms with E-state index in [2.05, 4.69) is 31.0 Å². The summed E-state index contributed by atoms with van der Waals surface area (Å²) >= 11 is 0. The highest BCUT2D eigenvalue weighted by molar-refractivity contribution is 4.85. The zero-order valence-electron chi connectivity index (χ0n) is 12.0. The molecule has 17 heavy (non-hydrogen) atoms. The van der Waals surface area contributed by atoms with Crippen LogP contribution in [0, 0.1) is 10.8 Å². The van der Waals surface area contributed by atoms with Crippen molar-refractivity contribution >= 4 is 0 Å². The maximum absolute atomic E-state index is 3.48. The molecule has 2 heterocycles. The molecular weight excluding hydrogens is 208 g/mol.